The Balaban J connectivity index is 0.00000272. The molecule has 2 aromatic carbocycles. The third-order valence-electron chi connectivity index (χ3n) is 6.55. The summed E-state index contributed by atoms with van der Waals surface area (Å²) in [6, 6.07) is 15.0. The van der Waals surface area contributed by atoms with E-state index in [1.807, 2.05) is 6.07 Å². The van der Waals surface area contributed by atoms with E-state index in [9.17, 15) is 0 Å². The van der Waals surface area contributed by atoms with Crippen LogP contribution in [0, 0.1) is 0 Å². The predicted molar refractivity (Wildman–Crippen MR) is 126 cm³/mol. The highest BCUT2D eigenvalue weighted by Gasteiger charge is 2.37. The largest absolute Gasteiger partial charge is 0.496 e. The minimum Gasteiger partial charge on any atom is -0.496 e. The van der Waals surface area contributed by atoms with Crippen LogP contribution in [0.25, 0.3) is 0 Å². The molecule has 0 unspecified atom stereocenters. The molecule has 2 fully saturated rings. The first-order valence-electron chi connectivity index (χ1n) is 11.1. The van der Waals surface area contributed by atoms with Gasteiger partial charge < -0.3 is 19.5 Å². The lowest BCUT2D eigenvalue weighted by Gasteiger charge is -2.33. The molecule has 6 heteroatoms. The molecule has 2 aliphatic rings. The number of nitrogens with one attached hydrogen (secondary N) is 1. The van der Waals surface area contributed by atoms with Crippen molar-refractivity contribution >= 4 is 12.4 Å². The Kier molecular flexibility index (Phi) is 8.61. The van der Waals surface area contributed by atoms with Crippen LogP contribution in [-0.2, 0) is 23.4 Å². The molecule has 1 aliphatic heterocycles. The zero-order valence-electron chi connectivity index (χ0n) is 18.7. The molecular formula is C25H35ClN2O3. The molecule has 1 saturated heterocycles. The monoisotopic (exact) mass is 446 g/mol. The molecule has 1 aliphatic carbocycles. The van der Waals surface area contributed by atoms with Crippen molar-refractivity contribution in [1.82, 2.24) is 10.2 Å². The fraction of sp³-hybridized carbons (Fsp3) is 0.520. The van der Waals surface area contributed by atoms with E-state index in [0.717, 1.165) is 63.7 Å². The third-order valence-corrected chi connectivity index (χ3v) is 6.55. The molecule has 4 rings (SSSR count). The van der Waals surface area contributed by atoms with E-state index in [1.54, 1.807) is 14.2 Å². The van der Waals surface area contributed by atoms with Gasteiger partial charge in [0.15, 0.2) is 0 Å². The van der Waals surface area contributed by atoms with Gasteiger partial charge in [0, 0.05) is 42.8 Å². The summed E-state index contributed by atoms with van der Waals surface area (Å²) in [5, 5.41) is 3.92. The Morgan fingerprint density at radius 2 is 1.68 bits per heavy atom. The molecule has 0 spiro atoms. The fourth-order valence-electron chi connectivity index (χ4n) is 4.90. The molecule has 2 aromatic rings. The van der Waals surface area contributed by atoms with Gasteiger partial charge in [0.1, 0.15) is 11.5 Å². The summed E-state index contributed by atoms with van der Waals surface area (Å²) in [6.45, 7) is 5.30. The lowest BCUT2D eigenvalue weighted by Crippen LogP contribution is -2.39. The van der Waals surface area contributed by atoms with Crippen LogP contribution in [0.2, 0.25) is 0 Å². The van der Waals surface area contributed by atoms with E-state index < -0.39 is 0 Å². The van der Waals surface area contributed by atoms with Crippen LogP contribution in [0.1, 0.15) is 42.4 Å². The molecule has 1 saturated carbocycles. The van der Waals surface area contributed by atoms with E-state index in [0.29, 0.717) is 0 Å². The SMILES string of the molecule is COc1ccc(CNC2(c3ccccc3OC)CCCC2)cc1CN1CCOCC1.Cl. The average Bonchev–Trinajstić information content (AvgIpc) is 3.28. The van der Waals surface area contributed by atoms with Crippen LogP contribution in [0.15, 0.2) is 42.5 Å². The topological polar surface area (TPSA) is 43.0 Å². The van der Waals surface area contributed by atoms with Gasteiger partial charge in [-0.25, -0.2) is 0 Å². The average molecular weight is 447 g/mol. The maximum absolute atomic E-state index is 5.70. The Bertz CT molecular complexity index is 833. The number of hydrogen-bond donors (Lipinski definition) is 1. The number of ether oxygens (including phenoxy) is 3. The van der Waals surface area contributed by atoms with Crippen molar-refractivity contribution in [3.05, 3.63) is 59.2 Å². The summed E-state index contributed by atoms with van der Waals surface area (Å²) in [5.41, 5.74) is 3.81. The molecule has 0 amide bonds. The van der Waals surface area contributed by atoms with Gasteiger partial charge in [-0.3, -0.25) is 4.90 Å². The predicted octanol–water partition coefficient (Wildman–Crippen LogP) is 4.52. The van der Waals surface area contributed by atoms with Gasteiger partial charge in [-0.2, -0.15) is 0 Å². The third kappa shape index (κ3) is 5.53. The minimum atomic E-state index is -0.0170. The second-order valence-electron chi connectivity index (χ2n) is 8.38. The molecule has 1 N–H and O–H groups in total. The number of halogens is 1. The van der Waals surface area contributed by atoms with Gasteiger partial charge in [0.05, 0.1) is 27.4 Å². The van der Waals surface area contributed by atoms with E-state index in [4.69, 9.17) is 14.2 Å². The number of nitrogens with zero attached hydrogens (tertiary/aromatic N) is 1. The van der Waals surface area contributed by atoms with Crippen molar-refractivity contribution in [3.63, 3.8) is 0 Å². The van der Waals surface area contributed by atoms with Crippen LogP contribution >= 0.6 is 12.4 Å². The van der Waals surface area contributed by atoms with Crippen molar-refractivity contribution in [2.45, 2.75) is 44.3 Å². The summed E-state index contributed by atoms with van der Waals surface area (Å²) < 4.78 is 16.8. The normalized spacial score (nSPS) is 18.4. The molecule has 170 valence electrons. The van der Waals surface area contributed by atoms with Crippen molar-refractivity contribution in [1.29, 1.82) is 0 Å². The summed E-state index contributed by atoms with van der Waals surface area (Å²) in [7, 11) is 3.52. The van der Waals surface area contributed by atoms with Crippen LogP contribution in [0.5, 0.6) is 11.5 Å². The second-order valence-corrected chi connectivity index (χ2v) is 8.38. The van der Waals surface area contributed by atoms with Gasteiger partial charge in [0.25, 0.3) is 0 Å². The first-order chi connectivity index (χ1) is 14.7. The zero-order chi connectivity index (χ0) is 20.8. The first kappa shape index (κ1) is 23.9. The summed E-state index contributed by atoms with van der Waals surface area (Å²) in [6.07, 6.45) is 4.78. The molecule has 1 heterocycles. The molecule has 0 atom stereocenters. The smallest absolute Gasteiger partial charge is 0.123 e. The summed E-state index contributed by atoms with van der Waals surface area (Å²) in [4.78, 5) is 2.44. The van der Waals surface area contributed by atoms with E-state index in [-0.39, 0.29) is 17.9 Å². The highest BCUT2D eigenvalue weighted by Crippen LogP contribution is 2.42. The number of hydrogen-bond acceptors (Lipinski definition) is 5. The maximum atomic E-state index is 5.70. The second kappa shape index (κ2) is 11.2. The number of para-hydroxylation sites is 1. The number of benzene rings is 2. The standard InChI is InChI=1S/C25H34N2O3.ClH/c1-28-23-10-9-20(17-21(23)19-27-13-15-30-16-14-27)18-26-25(11-5-6-12-25)22-7-3-4-8-24(22)29-2;/h3-4,7-10,17,26H,5-6,11-16,18-19H2,1-2H3;1H. The highest BCUT2D eigenvalue weighted by atomic mass is 35.5. The van der Waals surface area contributed by atoms with Crippen LogP contribution in [0.3, 0.4) is 0 Å². The minimum absolute atomic E-state index is 0. The number of methoxy groups -OCH3 is 2. The fourth-order valence-corrected chi connectivity index (χ4v) is 4.90. The number of morpholine rings is 1. The molecule has 0 bridgehead atoms. The maximum Gasteiger partial charge on any atom is 0.123 e. The number of rotatable bonds is 8. The van der Waals surface area contributed by atoms with E-state index >= 15 is 0 Å². The van der Waals surface area contributed by atoms with E-state index in [1.165, 1.54) is 29.5 Å². The summed E-state index contributed by atoms with van der Waals surface area (Å²) in [5.74, 6) is 1.94. The molecule has 0 radical (unpaired) electrons. The van der Waals surface area contributed by atoms with Gasteiger partial charge >= 0.3 is 0 Å². The molecule has 5 nitrogen and oxygen atoms in total. The zero-order valence-corrected chi connectivity index (χ0v) is 19.5. The van der Waals surface area contributed by atoms with Crippen LogP contribution in [-0.4, -0.2) is 45.4 Å². The Hall–Kier alpha value is -1.79. The quantitative estimate of drug-likeness (QED) is 0.645. The summed E-state index contributed by atoms with van der Waals surface area (Å²) >= 11 is 0. The van der Waals surface area contributed by atoms with E-state index in [2.05, 4.69) is 46.6 Å². The molecular weight excluding hydrogens is 412 g/mol. The van der Waals surface area contributed by atoms with Gasteiger partial charge in [0.2, 0.25) is 0 Å². The lowest BCUT2D eigenvalue weighted by atomic mass is 9.87. The van der Waals surface area contributed by atoms with Crippen molar-refractivity contribution in [2.24, 2.45) is 0 Å². The highest BCUT2D eigenvalue weighted by molar-refractivity contribution is 5.85. The molecule has 0 aromatic heterocycles. The Labute approximate surface area is 192 Å². The van der Waals surface area contributed by atoms with Crippen molar-refractivity contribution in [2.75, 3.05) is 40.5 Å². The van der Waals surface area contributed by atoms with Crippen LogP contribution in [0.4, 0.5) is 0 Å². The first-order valence-corrected chi connectivity index (χ1v) is 11.1. The van der Waals surface area contributed by atoms with Crippen molar-refractivity contribution < 1.29 is 14.2 Å². The van der Waals surface area contributed by atoms with Crippen LogP contribution < -0.4 is 14.8 Å². The molecule has 31 heavy (non-hydrogen) atoms. The van der Waals surface area contributed by atoms with Gasteiger partial charge in [-0.15, -0.1) is 12.4 Å². The lowest BCUT2D eigenvalue weighted by molar-refractivity contribution is 0.0339. The Morgan fingerprint density at radius 3 is 2.39 bits per heavy atom. The van der Waals surface area contributed by atoms with Gasteiger partial charge in [-0.1, -0.05) is 37.1 Å². The van der Waals surface area contributed by atoms with Gasteiger partial charge in [-0.05, 0) is 36.6 Å². The van der Waals surface area contributed by atoms with Crippen molar-refractivity contribution in [3.8, 4) is 11.5 Å². The Morgan fingerprint density at radius 1 is 0.968 bits per heavy atom.